The molecule has 1 unspecified atom stereocenters. The zero-order chi connectivity index (χ0) is 10.0. The van der Waals surface area contributed by atoms with Gasteiger partial charge in [0.2, 0.25) is 0 Å². The minimum absolute atomic E-state index is 0.101. The topological polar surface area (TPSA) is 24.6 Å². The van der Waals surface area contributed by atoms with E-state index in [1.165, 1.54) is 5.56 Å². The summed E-state index contributed by atoms with van der Waals surface area (Å²) in [5.74, 6) is 0. The van der Waals surface area contributed by atoms with Crippen molar-refractivity contribution in [1.29, 1.82) is 0 Å². The van der Waals surface area contributed by atoms with Gasteiger partial charge < -0.3 is 10.1 Å². The molecule has 76 valence electrons. The summed E-state index contributed by atoms with van der Waals surface area (Å²) in [5.41, 5.74) is 1.43. The highest BCUT2D eigenvalue weighted by atomic mass is 16.6. The van der Waals surface area contributed by atoms with E-state index in [0.717, 1.165) is 13.1 Å². The van der Waals surface area contributed by atoms with Crippen LogP contribution in [0.2, 0.25) is 0 Å². The molecule has 1 aromatic rings. The Hall–Kier alpha value is -0.860. The zero-order valence-electron chi connectivity index (χ0n) is 8.79. The Morgan fingerprint density at radius 2 is 1.93 bits per heavy atom. The number of hydrogen-bond donors (Lipinski definition) is 1. The highest BCUT2D eigenvalue weighted by molar-refractivity contribution is 5.14. The molecule has 0 radical (unpaired) electrons. The largest absolute Gasteiger partial charge is 0.365 e. The Morgan fingerprint density at radius 3 is 2.50 bits per heavy atom. The van der Waals surface area contributed by atoms with Crippen LogP contribution in [0, 0.1) is 0 Å². The molecule has 0 aromatic heterocycles. The van der Waals surface area contributed by atoms with E-state index in [1.807, 2.05) is 6.07 Å². The first-order valence-electron chi connectivity index (χ1n) is 5.11. The van der Waals surface area contributed by atoms with Gasteiger partial charge in [0.25, 0.3) is 0 Å². The van der Waals surface area contributed by atoms with Gasteiger partial charge in [-0.1, -0.05) is 30.3 Å². The Kier molecular flexibility index (Phi) is 2.57. The summed E-state index contributed by atoms with van der Waals surface area (Å²) in [6.07, 6.45) is 0.395. The third-order valence-electron chi connectivity index (χ3n) is 2.67. The summed E-state index contributed by atoms with van der Waals surface area (Å²) in [5, 5.41) is 3.39. The third-order valence-corrected chi connectivity index (χ3v) is 2.67. The molecule has 2 heteroatoms. The van der Waals surface area contributed by atoms with Gasteiger partial charge in [-0.15, -0.1) is 0 Å². The highest BCUT2D eigenvalue weighted by Gasteiger charge is 2.46. The zero-order valence-corrected chi connectivity index (χ0v) is 8.79. The minimum atomic E-state index is 0.101. The normalized spacial score (nSPS) is 23.4. The summed E-state index contributed by atoms with van der Waals surface area (Å²) < 4.78 is 5.48. The van der Waals surface area contributed by atoms with E-state index in [0.29, 0.717) is 6.10 Å². The molecule has 1 aliphatic rings. The van der Waals surface area contributed by atoms with E-state index in [4.69, 9.17) is 4.74 Å². The van der Waals surface area contributed by atoms with Crippen LogP contribution in [-0.4, -0.2) is 18.2 Å². The van der Waals surface area contributed by atoms with Crippen molar-refractivity contribution in [2.24, 2.45) is 0 Å². The van der Waals surface area contributed by atoms with Gasteiger partial charge >= 0.3 is 0 Å². The monoisotopic (exact) mass is 191 g/mol. The molecule has 14 heavy (non-hydrogen) atoms. The standard InChI is InChI=1S/C12H17NO/c1-12(2)11(14-12)9-13-8-10-6-4-3-5-7-10/h3-7,11,13H,8-9H2,1-2H3. The lowest BCUT2D eigenvalue weighted by Gasteiger charge is -2.02. The molecule has 0 saturated carbocycles. The van der Waals surface area contributed by atoms with Gasteiger partial charge in [0, 0.05) is 13.1 Å². The van der Waals surface area contributed by atoms with Gasteiger partial charge in [-0.25, -0.2) is 0 Å². The molecule has 0 bridgehead atoms. The lowest BCUT2D eigenvalue weighted by atomic mass is 10.1. The van der Waals surface area contributed by atoms with Crippen molar-refractivity contribution >= 4 is 0 Å². The van der Waals surface area contributed by atoms with Crippen LogP contribution in [0.25, 0.3) is 0 Å². The van der Waals surface area contributed by atoms with Crippen molar-refractivity contribution in [2.45, 2.75) is 32.1 Å². The van der Waals surface area contributed by atoms with E-state index < -0.39 is 0 Å². The summed E-state index contributed by atoms with van der Waals surface area (Å²) >= 11 is 0. The van der Waals surface area contributed by atoms with E-state index in [9.17, 15) is 0 Å². The number of nitrogens with one attached hydrogen (secondary N) is 1. The van der Waals surface area contributed by atoms with Crippen molar-refractivity contribution in [1.82, 2.24) is 5.32 Å². The SMILES string of the molecule is CC1(C)OC1CNCc1ccccc1. The van der Waals surface area contributed by atoms with Gasteiger partial charge in [0.05, 0.1) is 11.7 Å². The van der Waals surface area contributed by atoms with Gasteiger partial charge in [-0.2, -0.15) is 0 Å². The fourth-order valence-electron chi connectivity index (χ4n) is 1.56. The predicted molar refractivity (Wildman–Crippen MR) is 57.1 cm³/mol. The molecule has 1 aromatic carbocycles. The van der Waals surface area contributed by atoms with E-state index in [-0.39, 0.29) is 5.60 Å². The van der Waals surface area contributed by atoms with Crippen LogP contribution in [0.1, 0.15) is 19.4 Å². The van der Waals surface area contributed by atoms with E-state index >= 15 is 0 Å². The molecule has 1 atom stereocenters. The number of benzene rings is 1. The maximum absolute atomic E-state index is 5.48. The second-order valence-electron chi connectivity index (χ2n) is 4.33. The maximum atomic E-state index is 5.48. The third kappa shape index (κ3) is 2.34. The lowest BCUT2D eigenvalue weighted by Crippen LogP contribution is -2.22. The van der Waals surface area contributed by atoms with Crippen molar-refractivity contribution in [3.8, 4) is 0 Å². The molecule has 1 N–H and O–H groups in total. The Labute approximate surface area is 85.3 Å². The Bertz CT molecular complexity index is 294. The van der Waals surface area contributed by atoms with Crippen LogP contribution in [0.15, 0.2) is 30.3 Å². The summed E-state index contributed by atoms with van der Waals surface area (Å²) in [7, 11) is 0. The van der Waals surface area contributed by atoms with Gasteiger partial charge in [-0.05, 0) is 19.4 Å². The molecule has 2 rings (SSSR count). The highest BCUT2D eigenvalue weighted by Crippen LogP contribution is 2.34. The average Bonchev–Trinajstić information content (AvgIpc) is 2.76. The quantitative estimate of drug-likeness (QED) is 0.736. The van der Waals surface area contributed by atoms with Crippen molar-refractivity contribution in [3.05, 3.63) is 35.9 Å². The molecule has 0 aliphatic carbocycles. The van der Waals surface area contributed by atoms with Gasteiger partial charge in [0.15, 0.2) is 0 Å². The van der Waals surface area contributed by atoms with Crippen molar-refractivity contribution in [2.75, 3.05) is 6.54 Å². The number of hydrogen-bond acceptors (Lipinski definition) is 2. The fraction of sp³-hybridized carbons (Fsp3) is 0.500. The fourth-order valence-corrected chi connectivity index (χ4v) is 1.56. The van der Waals surface area contributed by atoms with Crippen molar-refractivity contribution in [3.63, 3.8) is 0 Å². The predicted octanol–water partition coefficient (Wildman–Crippen LogP) is 1.95. The first-order chi connectivity index (χ1) is 6.68. The van der Waals surface area contributed by atoms with Crippen LogP contribution in [0.4, 0.5) is 0 Å². The molecule has 0 amide bonds. The summed E-state index contributed by atoms with van der Waals surface area (Å²) in [4.78, 5) is 0. The van der Waals surface area contributed by atoms with Crippen LogP contribution < -0.4 is 5.32 Å². The molecular weight excluding hydrogens is 174 g/mol. The maximum Gasteiger partial charge on any atom is 0.0991 e. The first kappa shape index (κ1) is 9.69. The van der Waals surface area contributed by atoms with Crippen LogP contribution in [0.5, 0.6) is 0 Å². The van der Waals surface area contributed by atoms with E-state index in [1.54, 1.807) is 0 Å². The second-order valence-corrected chi connectivity index (χ2v) is 4.33. The van der Waals surface area contributed by atoms with Crippen LogP contribution >= 0.6 is 0 Å². The second kappa shape index (κ2) is 3.71. The van der Waals surface area contributed by atoms with Gasteiger partial charge in [0.1, 0.15) is 0 Å². The van der Waals surface area contributed by atoms with Gasteiger partial charge in [-0.3, -0.25) is 0 Å². The molecule has 1 aliphatic heterocycles. The Morgan fingerprint density at radius 1 is 1.29 bits per heavy atom. The number of epoxide rings is 1. The first-order valence-corrected chi connectivity index (χ1v) is 5.11. The minimum Gasteiger partial charge on any atom is -0.365 e. The lowest BCUT2D eigenvalue weighted by molar-refractivity contribution is 0.321. The molecule has 1 saturated heterocycles. The van der Waals surface area contributed by atoms with E-state index in [2.05, 4.69) is 43.4 Å². The van der Waals surface area contributed by atoms with Crippen molar-refractivity contribution < 1.29 is 4.74 Å². The molecule has 1 fully saturated rings. The van der Waals surface area contributed by atoms with Crippen LogP contribution in [-0.2, 0) is 11.3 Å². The number of rotatable bonds is 4. The summed E-state index contributed by atoms with van der Waals surface area (Å²) in [6.45, 7) is 6.13. The molecule has 0 spiro atoms. The molecule has 1 heterocycles. The molecule has 2 nitrogen and oxygen atoms in total. The average molecular weight is 191 g/mol. The Balaban J connectivity index is 1.69. The molecular formula is C12H17NO. The summed E-state index contributed by atoms with van der Waals surface area (Å²) in [6, 6.07) is 10.4. The van der Waals surface area contributed by atoms with Crippen LogP contribution in [0.3, 0.4) is 0 Å². The smallest absolute Gasteiger partial charge is 0.0991 e. The number of ether oxygens (including phenoxy) is 1.